The Morgan fingerprint density at radius 3 is 2.45 bits per heavy atom. The minimum atomic E-state index is -1.04. The number of hydrogen-bond donors (Lipinski definition) is 2. The van der Waals surface area contributed by atoms with Crippen LogP contribution in [-0.4, -0.2) is 65.3 Å². The van der Waals surface area contributed by atoms with Crippen molar-refractivity contribution in [3.8, 4) is 0 Å². The topological polar surface area (TPSA) is 64.0 Å². The van der Waals surface area contributed by atoms with Gasteiger partial charge in [0.15, 0.2) is 0 Å². The predicted molar refractivity (Wildman–Crippen MR) is 72.2 cm³/mol. The summed E-state index contributed by atoms with van der Waals surface area (Å²) in [5.41, 5.74) is 0.529. The van der Waals surface area contributed by atoms with Gasteiger partial charge in [0.1, 0.15) is 5.82 Å². The lowest BCUT2D eigenvalue weighted by Crippen LogP contribution is -2.46. The minimum Gasteiger partial charge on any atom is -0.478 e. The third-order valence-corrected chi connectivity index (χ3v) is 3.57. The summed E-state index contributed by atoms with van der Waals surface area (Å²) in [7, 11) is 0. The van der Waals surface area contributed by atoms with Gasteiger partial charge in [-0.2, -0.15) is 0 Å². The molecule has 2 rings (SSSR count). The molecule has 0 unspecified atom stereocenters. The van der Waals surface area contributed by atoms with Crippen LogP contribution in [0.2, 0.25) is 0 Å². The number of piperazine rings is 1. The third-order valence-electron chi connectivity index (χ3n) is 3.57. The van der Waals surface area contributed by atoms with Crippen molar-refractivity contribution < 1.29 is 19.4 Å². The number of aliphatic hydroxyl groups is 1. The predicted octanol–water partition coefficient (Wildman–Crippen LogP) is 0.634. The standard InChI is InChI=1S/C14H19FN2O3/c15-13-2-1-11(14(19)20)9-12(13)10-17-5-3-16(4-6-17)7-8-18/h1-2,9,18H,3-8,10H2,(H,19,20). The Morgan fingerprint density at radius 2 is 1.85 bits per heavy atom. The number of aliphatic hydroxyl groups excluding tert-OH is 1. The van der Waals surface area contributed by atoms with Gasteiger partial charge in [0.25, 0.3) is 0 Å². The number of benzene rings is 1. The molecule has 20 heavy (non-hydrogen) atoms. The number of carbonyl (C=O) groups is 1. The Bertz CT molecular complexity index is 473. The van der Waals surface area contributed by atoms with Crippen LogP contribution in [0.15, 0.2) is 18.2 Å². The molecule has 1 aromatic rings. The van der Waals surface area contributed by atoms with Crippen molar-refractivity contribution in [3.05, 3.63) is 35.1 Å². The largest absolute Gasteiger partial charge is 0.478 e. The second-order valence-corrected chi connectivity index (χ2v) is 4.95. The maximum Gasteiger partial charge on any atom is 0.335 e. The molecule has 0 spiro atoms. The number of hydrogen-bond acceptors (Lipinski definition) is 4. The van der Waals surface area contributed by atoms with E-state index in [2.05, 4.69) is 9.80 Å². The van der Waals surface area contributed by atoms with Crippen molar-refractivity contribution in [2.24, 2.45) is 0 Å². The minimum absolute atomic E-state index is 0.111. The molecular weight excluding hydrogens is 263 g/mol. The monoisotopic (exact) mass is 282 g/mol. The highest BCUT2D eigenvalue weighted by molar-refractivity contribution is 5.87. The maximum atomic E-state index is 13.7. The number of nitrogens with zero attached hydrogens (tertiary/aromatic N) is 2. The lowest BCUT2D eigenvalue weighted by molar-refractivity contribution is 0.0696. The molecule has 2 N–H and O–H groups in total. The Kier molecular flexibility index (Phi) is 5.05. The van der Waals surface area contributed by atoms with Gasteiger partial charge in [0, 0.05) is 44.8 Å². The zero-order valence-corrected chi connectivity index (χ0v) is 11.3. The first-order valence-electron chi connectivity index (χ1n) is 6.67. The second-order valence-electron chi connectivity index (χ2n) is 4.95. The molecule has 0 radical (unpaired) electrons. The number of aromatic carboxylic acids is 1. The van der Waals surface area contributed by atoms with Crippen LogP contribution in [0.1, 0.15) is 15.9 Å². The van der Waals surface area contributed by atoms with E-state index in [0.717, 1.165) is 26.2 Å². The average Bonchev–Trinajstić information content (AvgIpc) is 2.43. The van der Waals surface area contributed by atoms with Crippen molar-refractivity contribution in [2.75, 3.05) is 39.3 Å². The molecule has 0 aliphatic carbocycles. The number of rotatable bonds is 5. The van der Waals surface area contributed by atoms with Crippen molar-refractivity contribution in [2.45, 2.75) is 6.54 Å². The van der Waals surface area contributed by atoms with Gasteiger partial charge in [0.05, 0.1) is 12.2 Å². The van der Waals surface area contributed by atoms with Crippen molar-refractivity contribution >= 4 is 5.97 Å². The molecule has 0 saturated carbocycles. The van der Waals surface area contributed by atoms with Crippen LogP contribution in [0.5, 0.6) is 0 Å². The molecule has 0 amide bonds. The van der Waals surface area contributed by atoms with Crippen molar-refractivity contribution in [1.82, 2.24) is 9.80 Å². The van der Waals surface area contributed by atoms with E-state index < -0.39 is 5.97 Å². The molecule has 0 aromatic heterocycles. The van der Waals surface area contributed by atoms with Gasteiger partial charge in [-0.15, -0.1) is 0 Å². The molecule has 1 aromatic carbocycles. The fourth-order valence-corrected chi connectivity index (χ4v) is 2.38. The van der Waals surface area contributed by atoms with Crippen LogP contribution >= 0.6 is 0 Å². The molecule has 1 saturated heterocycles. The summed E-state index contributed by atoms with van der Waals surface area (Å²) in [5, 5.41) is 17.8. The molecule has 1 aliphatic heterocycles. The van der Waals surface area contributed by atoms with Gasteiger partial charge < -0.3 is 10.2 Å². The van der Waals surface area contributed by atoms with Crippen molar-refractivity contribution in [3.63, 3.8) is 0 Å². The maximum absolute atomic E-state index is 13.7. The van der Waals surface area contributed by atoms with E-state index in [1.54, 1.807) is 0 Å². The molecular formula is C14H19FN2O3. The van der Waals surface area contributed by atoms with E-state index in [1.807, 2.05) is 0 Å². The SMILES string of the molecule is O=C(O)c1ccc(F)c(CN2CCN(CCO)CC2)c1. The highest BCUT2D eigenvalue weighted by Gasteiger charge is 2.18. The highest BCUT2D eigenvalue weighted by Crippen LogP contribution is 2.14. The quantitative estimate of drug-likeness (QED) is 0.829. The molecule has 6 heteroatoms. The number of carboxylic acids is 1. The number of halogens is 1. The van der Waals surface area contributed by atoms with Crippen LogP contribution in [-0.2, 0) is 6.54 Å². The summed E-state index contributed by atoms with van der Waals surface area (Å²) in [6, 6.07) is 3.89. The van der Waals surface area contributed by atoms with E-state index in [4.69, 9.17) is 10.2 Å². The van der Waals surface area contributed by atoms with Crippen LogP contribution in [0.3, 0.4) is 0 Å². The Hall–Kier alpha value is -1.50. The summed E-state index contributed by atoms with van der Waals surface area (Å²) in [5.74, 6) is -1.41. The summed E-state index contributed by atoms with van der Waals surface area (Å²) in [6.45, 7) is 4.47. The van der Waals surface area contributed by atoms with Crippen LogP contribution in [0.4, 0.5) is 4.39 Å². The smallest absolute Gasteiger partial charge is 0.335 e. The first-order chi connectivity index (χ1) is 9.60. The number of β-amino-alcohol motifs (C(OH)–C–C–N with tert-alkyl or cyclic N) is 1. The molecule has 1 heterocycles. The third kappa shape index (κ3) is 3.75. The molecule has 1 aliphatic rings. The summed E-state index contributed by atoms with van der Waals surface area (Å²) in [6.07, 6.45) is 0. The van der Waals surface area contributed by atoms with E-state index in [0.29, 0.717) is 18.7 Å². The Balaban J connectivity index is 1.97. The first kappa shape index (κ1) is 14.9. The van der Waals surface area contributed by atoms with Gasteiger partial charge in [-0.3, -0.25) is 9.80 Å². The molecule has 0 bridgehead atoms. The molecule has 1 fully saturated rings. The highest BCUT2D eigenvalue weighted by atomic mass is 19.1. The molecule has 5 nitrogen and oxygen atoms in total. The van der Waals surface area contributed by atoms with Crippen molar-refractivity contribution in [1.29, 1.82) is 0 Å². The van der Waals surface area contributed by atoms with E-state index in [1.165, 1.54) is 18.2 Å². The van der Waals surface area contributed by atoms with Gasteiger partial charge in [-0.25, -0.2) is 9.18 Å². The fourth-order valence-electron chi connectivity index (χ4n) is 2.38. The lowest BCUT2D eigenvalue weighted by Gasteiger charge is -2.34. The Labute approximate surface area is 117 Å². The van der Waals surface area contributed by atoms with E-state index >= 15 is 0 Å². The van der Waals surface area contributed by atoms with Gasteiger partial charge in [-0.05, 0) is 18.2 Å². The van der Waals surface area contributed by atoms with Crippen LogP contribution in [0.25, 0.3) is 0 Å². The van der Waals surface area contributed by atoms with E-state index in [9.17, 15) is 9.18 Å². The normalized spacial score (nSPS) is 17.3. The summed E-state index contributed by atoms with van der Waals surface area (Å²) in [4.78, 5) is 15.2. The molecule has 0 atom stereocenters. The van der Waals surface area contributed by atoms with Gasteiger partial charge in [0.2, 0.25) is 0 Å². The van der Waals surface area contributed by atoms with E-state index in [-0.39, 0.29) is 18.0 Å². The van der Waals surface area contributed by atoms with Crippen LogP contribution in [0, 0.1) is 5.82 Å². The first-order valence-corrected chi connectivity index (χ1v) is 6.67. The second kappa shape index (κ2) is 6.78. The zero-order valence-electron chi connectivity index (χ0n) is 11.3. The fraction of sp³-hybridized carbons (Fsp3) is 0.500. The van der Waals surface area contributed by atoms with Crippen LogP contribution < -0.4 is 0 Å². The Morgan fingerprint density at radius 1 is 1.20 bits per heavy atom. The summed E-state index contributed by atoms with van der Waals surface area (Å²) >= 11 is 0. The zero-order chi connectivity index (χ0) is 14.5. The molecule has 110 valence electrons. The average molecular weight is 282 g/mol. The summed E-state index contributed by atoms with van der Waals surface area (Å²) < 4.78 is 13.7. The number of carboxylic acid groups (broad SMARTS) is 1. The lowest BCUT2D eigenvalue weighted by atomic mass is 10.1. The van der Waals surface area contributed by atoms with Gasteiger partial charge in [-0.1, -0.05) is 0 Å². The van der Waals surface area contributed by atoms with Gasteiger partial charge >= 0.3 is 5.97 Å².